The van der Waals surface area contributed by atoms with Crippen LogP contribution in [0.5, 0.6) is 0 Å². The van der Waals surface area contributed by atoms with Crippen LogP contribution in [0.1, 0.15) is 13.8 Å². The van der Waals surface area contributed by atoms with Gasteiger partial charge in [0.05, 0.1) is 0 Å². The quantitative estimate of drug-likeness (QED) is 0.493. The Morgan fingerprint density at radius 2 is 2.12 bits per heavy atom. The summed E-state index contributed by atoms with van der Waals surface area (Å²) < 4.78 is 0. The Labute approximate surface area is 64.6 Å². The second-order valence-corrected chi connectivity index (χ2v) is 4.10. The highest BCUT2D eigenvalue weighted by Crippen LogP contribution is 2.07. The summed E-state index contributed by atoms with van der Waals surface area (Å²) >= 11 is 5.39. The van der Waals surface area contributed by atoms with E-state index in [1.807, 2.05) is 11.8 Å². The molecule has 0 aromatic rings. The Bertz CT molecular complexity index is 45.8. The summed E-state index contributed by atoms with van der Waals surface area (Å²) in [6.45, 7) is 4.50. The van der Waals surface area contributed by atoms with E-state index in [4.69, 9.17) is 0 Å². The molecule has 8 heavy (non-hydrogen) atoms. The van der Waals surface area contributed by atoms with Gasteiger partial charge >= 0.3 is 0 Å². The monoisotopic (exact) mass is 196 g/mol. The van der Waals surface area contributed by atoms with Gasteiger partial charge in [-0.1, -0.05) is 29.8 Å². The molecular formula is C6H13BrS. The summed E-state index contributed by atoms with van der Waals surface area (Å²) in [5.74, 6) is 3.39. The van der Waals surface area contributed by atoms with E-state index in [-0.39, 0.29) is 0 Å². The maximum absolute atomic E-state index is 3.38. The Morgan fingerprint density at radius 3 is 2.50 bits per heavy atom. The smallest absolute Gasteiger partial charge is 0.0122 e. The Kier molecular flexibility index (Phi) is 6.58. The zero-order valence-electron chi connectivity index (χ0n) is 5.48. The highest BCUT2D eigenvalue weighted by Gasteiger charge is 1.91. The van der Waals surface area contributed by atoms with Crippen molar-refractivity contribution in [1.82, 2.24) is 0 Å². The summed E-state index contributed by atoms with van der Waals surface area (Å²) in [7, 11) is 0. The van der Waals surface area contributed by atoms with Gasteiger partial charge in [0.1, 0.15) is 0 Å². The van der Waals surface area contributed by atoms with Crippen molar-refractivity contribution in [3.05, 3.63) is 0 Å². The van der Waals surface area contributed by atoms with E-state index in [0.29, 0.717) is 0 Å². The van der Waals surface area contributed by atoms with Crippen LogP contribution in [-0.4, -0.2) is 16.8 Å². The fourth-order valence-electron chi connectivity index (χ4n) is 0.374. The van der Waals surface area contributed by atoms with Crippen LogP contribution in [0.4, 0.5) is 0 Å². The van der Waals surface area contributed by atoms with Gasteiger partial charge in [-0.05, 0) is 11.7 Å². The first-order valence-corrected chi connectivity index (χ1v) is 5.18. The minimum atomic E-state index is 0.846. The third kappa shape index (κ3) is 6.83. The molecule has 0 amide bonds. The molecule has 0 radical (unpaired) electrons. The molecule has 0 unspecified atom stereocenters. The lowest BCUT2D eigenvalue weighted by Gasteiger charge is -2.00. The van der Waals surface area contributed by atoms with Crippen molar-refractivity contribution in [2.45, 2.75) is 13.8 Å². The molecule has 0 bridgehead atoms. The molecule has 0 aromatic carbocycles. The molecule has 0 heterocycles. The van der Waals surface area contributed by atoms with Crippen LogP contribution < -0.4 is 0 Å². The van der Waals surface area contributed by atoms with E-state index in [1.165, 1.54) is 11.5 Å². The molecule has 0 rings (SSSR count). The van der Waals surface area contributed by atoms with E-state index >= 15 is 0 Å². The van der Waals surface area contributed by atoms with Crippen LogP contribution in [0.25, 0.3) is 0 Å². The molecule has 0 aliphatic rings. The number of rotatable bonds is 4. The normalized spacial score (nSPS) is 10.5. The van der Waals surface area contributed by atoms with Gasteiger partial charge in [0.2, 0.25) is 0 Å². The Balaban J connectivity index is 2.72. The average Bonchev–Trinajstić information content (AvgIpc) is 1.66. The summed E-state index contributed by atoms with van der Waals surface area (Å²) in [5.41, 5.74) is 0. The van der Waals surface area contributed by atoms with Gasteiger partial charge in [-0.25, -0.2) is 0 Å². The number of hydrogen-bond donors (Lipinski definition) is 0. The molecule has 0 N–H and O–H groups in total. The van der Waals surface area contributed by atoms with E-state index in [9.17, 15) is 0 Å². The second kappa shape index (κ2) is 5.96. The van der Waals surface area contributed by atoms with E-state index in [2.05, 4.69) is 29.8 Å². The Hall–Kier alpha value is 0.830. The fraction of sp³-hybridized carbons (Fsp3) is 1.00. The van der Waals surface area contributed by atoms with Gasteiger partial charge < -0.3 is 0 Å². The van der Waals surface area contributed by atoms with Gasteiger partial charge in [0, 0.05) is 11.1 Å². The minimum Gasteiger partial charge on any atom is -0.161 e. The summed E-state index contributed by atoms with van der Waals surface area (Å²) in [4.78, 5) is 0. The summed E-state index contributed by atoms with van der Waals surface area (Å²) in [5, 5.41) is 1.13. The highest BCUT2D eigenvalue weighted by atomic mass is 79.9. The molecular weight excluding hydrogens is 184 g/mol. The van der Waals surface area contributed by atoms with Gasteiger partial charge in [0.25, 0.3) is 0 Å². The summed E-state index contributed by atoms with van der Waals surface area (Å²) in [6.07, 6.45) is 0. The molecule has 0 spiro atoms. The third-order valence-corrected chi connectivity index (χ3v) is 2.99. The molecule has 0 nitrogen and oxygen atoms in total. The first kappa shape index (κ1) is 8.83. The lowest BCUT2D eigenvalue weighted by atomic mass is 10.3. The van der Waals surface area contributed by atoms with Gasteiger partial charge in [0.15, 0.2) is 0 Å². The van der Waals surface area contributed by atoms with E-state index < -0.39 is 0 Å². The van der Waals surface area contributed by atoms with E-state index in [0.717, 1.165) is 11.2 Å². The fourth-order valence-corrected chi connectivity index (χ4v) is 1.81. The topological polar surface area (TPSA) is 0 Å². The van der Waals surface area contributed by atoms with Crippen molar-refractivity contribution in [3.63, 3.8) is 0 Å². The van der Waals surface area contributed by atoms with Crippen LogP contribution in [-0.2, 0) is 0 Å². The van der Waals surface area contributed by atoms with Crippen LogP contribution in [0.3, 0.4) is 0 Å². The van der Waals surface area contributed by atoms with E-state index in [1.54, 1.807) is 0 Å². The van der Waals surface area contributed by atoms with Crippen LogP contribution >= 0.6 is 27.7 Å². The molecule has 2 heteroatoms. The van der Waals surface area contributed by atoms with Gasteiger partial charge in [-0.15, -0.1) is 0 Å². The summed E-state index contributed by atoms with van der Waals surface area (Å²) in [6, 6.07) is 0. The van der Waals surface area contributed by atoms with Crippen LogP contribution in [0.2, 0.25) is 0 Å². The molecule has 0 aromatic heterocycles. The Morgan fingerprint density at radius 1 is 1.50 bits per heavy atom. The maximum atomic E-state index is 3.38. The van der Waals surface area contributed by atoms with Crippen LogP contribution in [0.15, 0.2) is 0 Å². The molecule has 0 atom stereocenters. The van der Waals surface area contributed by atoms with Crippen molar-refractivity contribution in [3.8, 4) is 0 Å². The molecule has 0 fully saturated rings. The minimum absolute atomic E-state index is 0.846. The first-order valence-electron chi connectivity index (χ1n) is 2.91. The van der Waals surface area contributed by atoms with Crippen molar-refractivity contribution in [2.24, 2.45) is 5.92 Å². The highest BCUT2D eigenvalue weighted by molar-refractivity contribution is 9.09. The average molecular weight is 197 g/mol. The van der Waals surface area contributed by atoms with Crippen molar-refractivity contribution >= 4 is 27.7 Å². The number of hydrogen-bond acceptors (Lipinski definition) is 1. The van der Waals surface area contributed by atoms with Crippen molar-refractivity contribution < 1.29 is 0 Å². The van der Waals surface area contributed by atoms with Gasteiger partial charge in [-0.2, -0.15) is 11.8 Å². The molecule has 0 aliphatic heterocycles. The van der Waals surface area contributed by atoms with Crippen molar-refractivity contribution in [2.75, 3.05) is 16.8 Å². The SMILES string of the molecule is CC(C)CSCCBr. The number of halogens is 1. The van der Waals surface area contributed by atoms with Gasteiger partial charge in [-0.3, -0.25) is 0 Å². The molecule has 0 saturated carbocycles. The predicted molar refractivity (Wildman–Crippen MR) is 46.0 cm³/mol. The zero-order valence-corrected chi connectivity index (χ0v) is 7.89. The zero-order chi connectivity index (χ0) is 6.41. The first-order chi connectivity index (χ1) is 3.77. The molecule has 0 saturated heterocycles. The van der Waals surface area contributed by atoms with Crippen molar-refractivity contribution in [1.29, 1.82) is 0 Å². The lowest BCUT2D eigenvalue weighted by Crippen LogP contribution is -1.91. The second-order valence-electron chi connectivity index (χ2n) is 2.16. The van der Waals surface area contributed by atoms with Crippen LogP contribution in [0, 0.1) is 5.92 Å². The third-order valence-electron chi connectivity index (χ3n) is 0.673. The lowest BCUT2D eigenvalue weighted by molar-refractivity contribution is 0.750. The standard InChI is InChI=1S/C6H13BrS/c1-6(2)5-8-4-3-7/h6H,3-5H2,1-2H3. The maximum Gasteiger partial charge on any atom is 0.0122 e. The molecule has 50 valence electrons. The number of alkyl halides is 1. The molecule has 0 aliphatic carbocycles. The largest absolute Gasteiger partial charge is 0.161 e. The predicted octanol–water partition coefficient (Wildman–Crippen LogP) is 2.77. The number of thioether (sulfide) groups is 1.